The molecule has 2 aliphatic rings. The van der Waals surface area contributed by atoms with Gasteiger partial charge < -0.3 is 24.5 Å². The average molecular weight is 346 g/mol. The van der Waals surface area contributed by atoms with Crippen molar-refractivity contribution in [3.63, 3.8) is 0 Å². The van der Waals surface area contributed by atoms with E-state index in [4.69, 9.17) is 13.9 Å². The summed E-state index contributed by atoms with van der Waals surface area (Å²) in [6.45, 7) is 2.21. The van der Waals surface area contributed by atoms with Gasteiger partial charge >= 0.3 is 6.08 Å². The molecule has 1 saturated carbocycles. The molecule has 8 nitrogen and oxygen atoms in total. The van der Waals surface area contributed by atoms with Crippen molar-refractivity contribution in [2.24, 2.45) is 0 Å². The summed E-state index contributed by atoms with van der Waals surface area (Å²) < 4.78 is 40.8. The molecule has 0 spiro atoms. The number of hydrogen-bond donors (Lipinski definition) is 2. The van der Waals surface area contributed by atoms with E-state index in [9.17, 15) is 13.6 Å². The molecule has 24 heavy (non-hydrogen) atoms. The van der Waals surface area contributed by atoms with Crippen LogP contribution in [0.25, 0.3) is 0 Å². The van der Waals surface area contributed by atoms with Crippen LogP contribution in [0.15, 0.2) is 4.42 Å². The third kappa shape index (κ3) is 4.38. The van der Waals surface area contributed by atoms with Crippen LogP contribution in [-0.4, -0.2) is 53.9 Å². The van der Waals surface area contributed by atoms with Crippen molar-refractivity contribution in [1.29, 1.82) is 0 Å². The van der Waals surface area contributed by atoms with Crippen LogP contribution < -0.4 is 15.4 Å². The van der Waals surface area contributed by atoms with E-state index in [1.165, 1.54) is 6.92 Å². The standard InChI is InChI=1S/C14H20F2N4O4/c1-8(21)18-9-2-3-10(17-7-9)12-19-20-13(24-12)23-5-4-22-11-6-14(11,15)16/h9-11,17H,2-7H2,1H3,(H,18,21)/t9-,10+,11+/m0/s1. The first kappa shape index (κ1) is 17.0. The van der Waals surface area contributed by atoms with Crippen LogP contribution in [0.5, 0.6) is 6.08 Å². The lowest BCUT2D eigenvalue weighted by atomic mass is 10.0. The number of carbonyl (C=O) groups is 1. The molecule has 1 aliphatic carbocycles. The average Bonchev–Trinajstić information content (AvgIpc) is 2.94. The Morgan fingerprint density at radius 3 is 2.83 bits per heavy atom. The fourth-order valence-corrected chi connectivity index (χ4v) is 2.59. The molecule has 2 fully saturated rings. The van der Waals surface area contributed by atoms with E-state index in [0.717, 1.165) is 12.8 Å². The van der Waals surface area contributed by atoms with E-state index in [1.54, 1.807) is 0 Å². The van der Waals surface area contributed by atoms with E-state index in [-0.39, 0.29) is 43.7 Å². The molecule has 134 valence electrons. The maximum Gasteiger partial charge on any atom is 0.414 e. The van der Waals surface area contributed by atoms with Crippen molar-refractivity contribution in [2.45, 2.75) is 50.3 Å². The van der Waals surface area contributed by atoms with E-state index >= 15 is 0 Å². The predicted octanol–water partition coefficient (Wildman–Crippen LogP) is 0.802. The minimum absolute atomic E-state index is 0.0121. The van der Waals surface area contributed by atoms with Gasteiger partial charge in [0.2, 0.25) is 11.8 Å². The summed E-state index contributed by atoms with van der Waals surface area (Å²) in [7, 11) is 0. The van der Waals surface area contributed by atoms with Gasteiger partial charge in [-0.2, -0.15) is 0 Å². The van der Waals surface area contributed by atoms with E-state index in [1.807, 2.05) is 0 Å². The molecule has 2 heterocycles. The van der Waals surface area contributed by atoms with Crippen molar-refractivity contribution < 1.29 is 27.5 Å². The van der Waals surface area contributed by atoms with Gasteiger partial charge in [-0.15, -0.1) is 5.10 Å². The zero-order valence-corrected chi connectivity index (χ0v) is 13.3. The van der Waals surface area contributed by atoms with Gasteiger partial charge in [0.25, 0.3) is 5.92 Å². The van der Waals surface area contributed by atoms with Gasteiger partial charge in [0.15, 0.2) is 0 Å². The Balaban J connectivity index is 1.37. The van der Waals surface area contributed by atoms with Crippen molar-refractivity contribution in [2.75, 3.05) is 19.8 Å². The second-order valence-corrected chi connectivity index (χ2v) is 6.01. The number of aromatic nitrogens is 2. The highest BCUT2D eigenvalue weighted by molar-refractivity contribution is 5.73. The first-order valence-corrected chi connectivity index (χ1v) is 7.90. The van der Waals surface area contributed by atoms with Crippen molar-refractivity contribution >= 4 is 5.91 Å². The molecule has 3 atom stereocenters. The second-order valence-electron chi connectivity index (χ2n) is 6.01. The van der Waals surface area contributed by atoms with Gasteiger partial charge in [0.1, 0.15) is 12.7 Å². The summed E-state index contributed by atoms with van der Waals surface area (Å²) >= 11 is 0. The van der Waals surface area contributed by atoms with Crippen molar-refractivity contribution in [1.82, 2.24) is 20.8 Å². The summed E-state index contributed by atoms with van der Waals surface area (Å²) in [5.41, 5.74) is 0. The Kier molecular flexibility index (Phi) is 4.95. The van der Waals surface area contributed by atoms with Gasteiger partial charge in [-0.1, -0.05) is 5.10 Å². The highest BCUT2D eigenvalue weighted by atomic mass is 19.3. The molecule has 10 heteroatoms. The number of rotatable bonds is 7. The number of hydrogen-bond acceptors (Lipinski definition) is 7. The third-order valence-corrected chi connectivity index (χ3v) is 3.94. The smallest absolute Gasteiger partial charge is 0.414 e. The molecule has 1 saturated heterocycles. The van der Waals surface area contributed by atoms with Gasteiger partial charge in [0.05, 0.1) is 12.6 Å². The number of nitrogens with zero attached hydrogens (tertiary/aromatic N) is 2. The normalized spacial score (nSPS) is 28.4. The Morgan fingerprint density at radius 2 is 2.21 bits per heavy atom. The Bertz CT molecular complexity index is 575. The first-order valence-electron chi connectivity index (χ1n) is 7.90. The highest BCUT2D eigenvalue weighted by Crippen LogP contribution is 2.44. The Labute approximate surface area is 137 Å². The van der Waals surface area contributed by atoms with Crippen LogP contribution >= 0.6 is 0 Å². The SMILES string of the molecule is CC(=O)N[C@H]1CC[C@H](c2nnc(OCCO[C@@H]3CC3(F)F)o2)NC1. The van der Waals surface area contributed by atoms with Gasteiger partial charge in [-0.3, -0.25) is 4.79 Å². The number of alkyl halides is 2. The fraction of sp³-hybridized carbons (Fsp3) is 0.786. The zero-order chi connectivity index (χ0) is 17.2. The molecular formula is C14H20F2N4O4. The molecule has 1 aromatic rings. The van der Waals surface area contributed by atoms with Crippen LogP contribution in [0.1, 0.15) is 38.1 Å². The van der Waals surface area contributed by atoms with Crippen LogP contribution in [-0.2, 0) is 9.53 Å². The summed E-state index contributed by atoms with van der Waals surface area (Å²) in [4.78, 5) is 11.0. The molecule has 2 N–H and O–H groups in total. The summed E-state index contributed by atoms with van der Waals surface area (Å²) in [5.74, 6) is -2.35. The molecule has 3 rings (SSSR count). The van der Waals surface area contributed by atoms with Crippen molar-refractivity contribution in [3.8, 4) is 6.08 Å². The lowest BCUT2D eigenvalue weighted by Crippen LogP contribution is -2.46. The number of amides is 1. The monoisotopic (exact) mass is 346 g/mol. The number of carbonyl (C=O) groups excluding carboxylic acids is 1. The molecule has 0 aromatic carbocycles. The van der Waals surface area contributed by atoms with Gasteiger partial charge in [-0.25, -0.2) is 8.78 Å². The molecule has 1 aliphatic heterocycles. The molecule has 0 bridgehead atoms. The summed E-state index contributed by atoms with van der Waals surface area (Å²) in [5, 5.41) is 13.8. The van der Waals surface area contributed by atoms with Crippen LogP contribution in [0.3, 0.4) is 0 Å². The van der Waals surface area contributed by atoms with Crippen LogP contribution in [0, 0.1) is 0 Å². The molecular weight excluding hydrogens is 326 g/mol. The maximum atomic E-state index is 12.6. The number of halogens is 2. The summed E-state index contributed by atoms with van der Waals surface area (Å²) in [6.07, 6.45) is 0.306. The number of piperidine rings is 1. The zero-order valence-electron chi connectivity index (χ0n) is 13.3. The lowest BCUT2D eigenvalue weighted by molar-refractivity contribution is -0.119. The van der Waals surface area contributed by atoms with Crippen molar-refractivity contribution in [3.05, 3.63) is 5.89 Å². The Morgan fingerprint density at radius 1 is 1.42 bits per heavy atom. The summed E-state index contributed by atoms with van der Waals surface area (Å²) in [6, 6.07) is -0.00337. The largest absolute Gasteiger partial charge is 0.447 e. The van der Waals surface area contributed by atoms with Gasteiger partial charge in [0, 0.05) is 25.9 Å². The maximum absolute atomic E-state index is 12.6. The van der Waals surface area contributed by atoms with E-state index in [2.05, 4.69) is 20.8 Å². The third-order valence-electron chi connectivity index (χ3n) is 3.94. The Hall–Kier alpha value is -1.81. The first-order chi connectivity index (χ1) is 11.4. The van der Waals surface area contributed by atoms with E-state index < -0.39 is 12.0 Å². The molecule has 0 unspecified atom stereocenters. The van der Waals surface area contributed by atoms with Gasteiger partial charge in [-0.05, 0) is 12.8 Å². The lowest BCUT2D eigenvalue weighted by Gasteiger charge is -2.28. The second kappa shape index (κ2) is 6.98. The molecule has 1 aromatic heterocycles. The highest BCUT2D eigenvalue weighted by Gasteiger charge is 2.58. The fourth-order valence-electron chi connectivity index (χ4n) is 2.59. The minimum Gasteiger partial charge on any atom is -0.447 e. The number of nitrogens with one attached hydrogen (secondary N) is 2. The quantitative estimate of drug-likeness (QED) is 0.705. The minimum atomic E-state index is -2.70. The topological polar surface area (TPSA) is 98.5 Å². The molecule has 1 amide bonds. The van der Waals surface area contributed by atoms with Crippen LogP contribution in [0.2, 0.25) is 0 Å². The van der Waals surface area contributed by atoms with E-state index in [0.29, 0.717) is 12.4 Å². The molecule has 0 radical (unpaired) electrons. The number of ether oxygens (including phenoxy) is 2. The van der Waals surface area contributed by atoms with Crippen LogP contribution in [0.4, 0.5) is 8.78 Å². The predicted molar refractivity (Wildman–Crippen MR) is 76.7 cm³/mol.